The molecule has 0 radical (unpaired) electrons. The Bertz CT molecular complexity index is 1070. The van der Waals surface area contributed by atoms with Gasteiger partial charge >= 0.3 is 0 Å². The number of nitrogens with zero attached hydrogens (tertiary/aromatic N) is 3. The van der Waals surface area contributed by atoms with Gasteiger partial charge in [0.25, 0.3) is 5.91 Å². The van der Waals surface area contributed by atoms with Crippen LogP contribution in [0, 0.1) is 6.92 Å². The number of carbonyl (C=O) groups is 2. The second kappa shape index (κ2) is 10.7. The van der Waals surface area contributed by atoms with Crippen molar-refractivity contribution in [2.24, 2.45) is 0 Å². The van der Waals surface area contributed by atoms with Crippen molar-refractivity contribution in [3.05, 3.63) is 72.6 Å². The quantitative estimate of drug-likeness (QED) is 0.572. The molecule has 0 bridgehead atoms. The van der Waals surface area contributed by atoms with E-state index in [1.165, 1.54) is 16.4 Å². The van der Waals surface area contributed by atoms with Crippen LogP contribution in [0.2, 0.25) is 0 Å². The highest BCUT2D eigenvalue weighted by Gasteiger charge is 2.25. The molecule has 1 aromatic heterocycles. The Kier molecular flexibility index (Phi) is 7.24. The number of carbonyl (C=O) groups excluding carboxylic acids is 2. The Morgan fingerprint density at radius 3 is 2.67 bits per heavy atom. The molecule has 1 aliphatic heterocycles. The third-order valence-corrected chi connectivity index (χ3v) is 5.38. The number of hydrogen-bond donors (Lipinski definition) is 1. The van der Waals surface area contributed by atoms with E-state index in [4.69, 9.17) is 9.47 Å². The van der Waals surface area contributed by atoms with Gasteiger partial charge in [-0.15, -0.1) is 0 Å². The fourth-order valence-corrected chi connectivity index (χ4v) is 3.69. The van der Waals surface area contributed by atoms with Gasteiger partial charge < -0.3 is 19.7 Å². The van der Waals surface area contributed by atoms with Crippen molar-refractivity contribution in [3.8, 4) is 11.5 Å². The first-order valence-electron chi connectivity index (χ1n) is 11.1. The minimum atomic E-state index is -0.295. The van der Waals surface area contributed by atoms with Gasteiger partial charge in [-0.1, -0.05) is 35.9 Å². The molecule has 2 amide bonds. The summed E-state index contributed by atoms with van der Waals surface area (Å²) in [6.45, 7) is 3.29. The predicted molar refractivity (Wildman–Crippen MR) is 124 cm³/mol. The number of nitrogens with one attached hydrogen (secondary N) is 1. The van der Waals surface area contributed by atoms with E-state index in [1.54, 1.807) is 18.3 Å². The molecule has 3 aromatic rings. The fourth-order valence-electron chi connectivity index (χ4n) is 3.69. The Balaban J connectivity index is 1.24. The molecule has 1 fully saturated rings. The first-order chi connectivity index (χ1) is 16.0. The summed E-state index contributed by atoms with van der Waals surface area (Å²) in [5.41, 5.74) is 1.70. The number of amides is 2. The number of benzene rings is 2. The molecule has 4 rings (SSSR count). The minimum Gasteiger partial charge on any atom is -0.489 e. The second-order valence-electron chi connectivity index (χ2n) is 8.11. The van der Waals surface area contributed by atoms with Crippen molar-refractivity contribution in [2.75, 3.05) is 25.0 Å². The van der Waals surface area contributed by atoms with E-state index >= 15 is 0 Å². The average Bonchev–Trinajstić information content (AvgIpc) is 3.26. The van der Waals surface area contributed by atoms with Crippen LogP contribution in [0.5, 0.6) is 11.5 Å². The number of likely N-dealkylation sites (tertiary alicyclic amines) is 1. The summed E-state index contributed by atoms with van der Waals surface area (Å²) in [6, 6.07) is 17.1. The van der Waals surface area contributed by atoms with E-state index in [1.807, 2.05) is 54.3 Å². The van der Waals surface area contributed by atoms with Crippen molar-refractivity contribution < 1.29 is 19.1 Å². The van der Waals surface area contributed by atoms with Crippen LogP contribution in [0.25, 0.3) is 0 Å². The number of hydrogen-bond acceptors (Lipinski definition) is 5. The largest absolute Gasteiger partial charge is 0.489 e. The zero-order valence-corrected chi connectivity index (χ0v) is 18.6. The molecule has 0 spiro atoms. The molecule has 8 nitrogen and oxygen atoms in total. The van der Waals surface area contributed by atoms with Crippen molar-refractivity contribution in [1.29, 1.82) is 0 Å². The van der Waals surface area contributed by atoms with Gasteiger partial charge in [-0.3, -0.25) is 14.3 Å². The number of aromatic nitrogens is 2. The zero-order valence-electron chi connectivity index (χ0n) is 18.6. The summed E-state index contributed by atoms with van der Waals surface area (Å²) >= 11 is 0. The van der Waals surface area contributed by atoms with E-state index in [9.17, 15) is 9.59 Å². The van der Waals surface area contributed by atoms with Gasteiger partial charge in [0.05, 0.1) is 18.4 Å². The van der Waals surface area contributed by atoms with Gasteiger partial charge in [0.15, 0.2) is 6.61 Å². The topological polar surface area (TPSA) is 85.7 Å². The SMILES string of the molecule is Cc1ccc(O[C@H]2CCCN(C(=O)Cn3cc(NC(=O)COc4ccccc4)cn3)C2)cc1. The normalized spacial score (nSPS) is 15.7. The van der Waals surface area contributed by atoms with Crippen molar-refractivity contribution in [1.82, 2.24) is 14.7 Å². The lowest BCUT2D eigenvalue weighted by molar-refractivity contribution is -0.134. The van der Waals surface area contributed by atoms with Crippen LogP contribution in [-0.2, 0) is 16.1 Å². The van der Waals surface area contributed by atoms with Crippen LogP contribution in [0.1, 0.15) is 18.4 Å². The maximum atomic E-state index is 12.8. The molecule has 1 aliphatic rings. The summed E-state index contributed by atoms with van der Waals surface area (Å²) in [6.07, 6.45) is 4.95. The fraction of sp³-hybridized carbons (Fsp3) is 0.320. The molecule has 1 N–H and O–H groups in total. The molecule has 0 aliphatic carbocycles. The molecular formula is C25H28N4O4. The standard InChI is InChI=1S/C25H28N4O4/c1-19-9-11-22(12-10-19)33-23-8-5-13-28(16-23)25(31)17-29-15-20(14-26-29)27-24(30)18-32-21-6-3-2-4-7-21/h2-4,6-7,9-12,14-15,23H,5,8,13,16-18H2,1H3,(H,27,30)/t23-/m0/s1. The highest BCUT2D eigenvalue weighted by molar-refractivity contribution is 5.91. The van der Waals surface area contributed by atoms with Crippen LogP contribution >= 0.6 is 0 Å². The third-order valence-electron chi connectivity index (χ3n) is 5.38. The lowest BCUT2D eigenvalue weighted by atomic mass is 10.1. The zero-order chi connectivity index (χ0) is 23.0. The monoisotopic (exact) mass is 448 g/mol. The van der Waals surface area contributed by atoms with Crippen molar-refractivity contribution >= 4 is 17.5 Å². The molecule has 2 aromatic carbocycles. The number of anilines is 1. The molecule has 33 heavy (non-hydrogen) atoms. The van der Waals surface area contributed by atoms with E-state index in [0.29, 0.717) is 24.5 Å². The van der Waals surface area contributed by atoms with Gasteiger partial charge in [0, 0.05) is 12.7 Å². The summed E-state index contributed by atoms with van der Waals surface area (Å²) in [7, 11) is 0. The smallest absolute Gasteiger partial charge is 0.262 e. The molecule has 1 atom stereocenters. The number of para-hydroxylation sites is 1. The van der Waals surface area contributed by atoms with E-state index in [-0.39, 0.29) is 31.1 Å². The van der Waals surface area contributed by atoms with E-state index in [2.05, 4.69) is 10.4 Å². The van der Waals surface area contributed by atoms with Gasteiger partial charge in [-0.25, -0.2) is 0 Å². The number of ether oxygens (including phenoxy) is 2. The first-order valence-corrected chi connectivity index (χ1v) is 11.1. The molecule has 1 saturated heterocycles. The van der Waals surface area contributed by atoms with E-state index < -0.39 is 0 Å². The third kappa shape index (κ3) is 6.58. The van der Waals surface area contributed by atoms with Crippen LogP contribution in [0.15, 0.2) is 67.0 Å². The van der Waals surface area contributed by atoms with Crippen molar-refractivity contribution in [3.63, 3.8) is 0 Å². The van der Waals surface area contributed by atoms with Crippen LogP contribution in [0.4, 0.5) is 5.69 Å². The van der Waals surface area contributed by atoms with Crippen LogP contribution < -0.4 is 14.8 Å². The second-order valence-corrected chi connectivity index (χ2v) is 8.11. The highest BCUT2D eigenvalue weighted by atomic mass is 16.5. The summed E-state index contributed by atoms with van der Waals surface area (Å²) in [4.78, 5) is 26.7. The Morgan fingerprint density at radius 2 is 1.88 bits per heavy atom. The van der Waals surface area contributed by atoms with Gasteiger partial charge in [-0.2, -0.15) is 5.10 Å². The molecule has 2 heterocycles. The molecule has 0 saturated carbocycles. The van der Waals surface area contributed by atoms with Gasteiger partial charge in [-0.05, 0) is 44.0 Å². The maximum Gasteiger partial charge on any atom is 0.262 e. The maximum absolute atomic E-state index is 12.8. The molecule has 0 unspecified atom stereocenters. The lowest BCUT2D eigenvalue weighted by Gasteiger charge is -2.33. The molecule has 172 valence electrons. The molecule has 8 heteroatoms. The summed E-state index contributed by atoms with van der Waals surface area (Å²) < 4.78 is 13.0. The summed E-state index contributed by atoms with van der Waals surface area (Å²) in [5.74, 6) is 1.13. The van der Waals surface area contributed by atoms with Crippen molar-refractivity contribution in [2.45, 2.75) is 32.4 Å². The van der Waals surface area contributed by atoms with Crippen LogP contribution in [0.3, 0.4) is 0 Å². The number of piperidine rings is 1. The Morgan fingerprint density at radius 1 is 1.09 bits per heavy atom. The average molecular weight is 449 g/mol. The molecular weight excluding hydrogens is 420 g/mol. The highest BCUT2D eigenvalue weighted by Crippen LogP contribution is 2.19. The predicted octanol–water partition coefficient (Wildman–Crippen LogP) is 3.28. The lowest BCUT2D eigenvalue weighted by Crippen LogP contribution is -2.45. The Hall–Kier alpha value is -3.81. The van der Waals surface area contributed by atoms with Crippen LogP contribution in [-0.4, -0.2) is 52.3 Å². The Labute approximate surface area is 193 Å². The van der Waals surface area contributed by atoms with Gasteiger partial charge in [0.2, 0.25) is 5.91 Å². The van der Waals surface area contributed by atoms with E-state index in [0.717, 1.165) is 18.6 Å². The first kappa shape index (κ1) is 22.4. The van der Waals surface area contributed by atoms with Gasteiger partial charge in [0.1, 0.15) is 24.1 Å². The summed E-state index contributed by atoms with van der Waals surface area (Å²) in [5, 5.41) is 6.93. The minimum absolute atomic E-state index is 0.0255. The number of aryl methyl sites for hydroxylation is 1. The number of rotatable bonds is 8.